The summed E-state index contributed by atoms with van der Waals surface area (Å²) in [6, 6.07) is 16.2. The summed E-state index contributed by atoms with van der Waals surface area (Å²) in [5.74, 6) is 1.61. The van der Waals surface area contributed by atoms with E-state index in [1.54, 1.807) is 18.9 Å². The van der Waals surface area contributed by atoms with Gasteiger partial charge in [-0.15, -0.1) is 0 Å². The highest BCUT2D eigenvalue weighted by molar-refractivity contribution is 8.14. The van der Waals surface area contributed by atoms with Gasteiger partial charge in [0.2, 0.25) is 0 Å². The number of nitrogens with one attached hydrogen (secondary N) is 1. The molecule has 2 aromatic carbocycles. The average Bonchev–Trinajstić information content (AvgIpc) is 2.63. The van der Waals surface area contributed by atoms with Crippen molar-refractivity contribution in [1.29, 1.82) is 0 Å². The molecule has 2 aromatic rings. The fraction of sp³-hybridized carbons (Fsp3) is 0.222. The number of thioether (sulfide) groups is 1. The minimum Gasteiger partial charge on any atom is -0.497 e. The van der Waals surface area contributed by atoms with Crippen molar-refractivity contribution in [2.75, 3.05) is 12.9 Å². The number of hydrogen-bond donors (Lipinski definition) is 1. The van der Waals surface area contributed by atoms with Gasteiger partial charge >= 0.3 is 0 Å². The molecule has 0 atom stereocenters. The summed E-state index contributed by atoms with van der Waals surface area (Å²) in [6.07, 6.45) is 1.05. The number of ether oxygens (including phenoxy) is 1. The summed E-state index contributed by atoms with van der Waals surface area (Å²) in [5.41, 5.74) is 7.43. The molecule has 0 saturated carbocycles. The number of aryl methyl sites for hydroxylation is 1. The fourth-order valence-electron chi connectivity index (χ4n) is 2.25. The molecule has 0 unspecified atom stereocenters. The first-order valence-corrected chi connectivity index (χ1v) is 8.54. The summed E-state index contributed by atoms with van der Waals surface area (Å²) >= 11 is 1.65. The molecule has 1 heterocycles. The van der Waals surface area contributed by atoms with E-state index in [1.807, 2.05) is 24.3 Å². The lowest BCUT2D eigenvalue weighted by Gasteiger charge is -2.15. The summed E-state index contributed by atoms with van der Waals surface area (Å²) in [6.45, 7) is 2.16. The summed E-state index contributed by atoms with van der Waals surface area (Å²) in [5, 5.41) is 5.26. The predicted molar refractivity (Wildman–Crippen MR) is 98.0 cm³/mol. The second-order valence-corrected chi connectivity index (χ2v) is 6.09. The number of methoxy groups -OCH3 is 1. The Morgan fingerprint density at radius 2 is 2.04 bits per heavy atom. The van der Waals surface area contributed by atoms with Gasteiger partial charge in [0.25, 0.3) is 0 Å². The molecular weight excluding hydrogens is 306 g/mol. The van der Waals surface area contributed by atoms with Gasteiger partial charge in [0.05, 0.1) is 18.5 Å². The van der Waals surface area contributed by atoms with Crippen LogP contribution in [0.3, 0.4) is 0 Å². The first-order valence-electron chi connectivity index (χ1n) is 7.56. The Bertz CT molecular complexity index is 738. The Morgan fingerprint density at radius 3 is 2.70 bits per heavy atom. The zero-order chi connectivity index (χ0) is 16.1. The van der Waals surface area contributed by atoms with Gasteiger partial charge in [0, 0.05) is 11.8 Å². The van der Waals surface area contributed by atoms with E-state index in [-0.39, 0.29) is 0 Å². The Balaban J connectivity index is 1.72. The zero-order valence-electron chi connectivity index (χ0n) is 13.2. The van der Waals surface area contributed by atoms with Crippen LogP contribution in [0.1, 0.15) is 18.1 Å². The number of hydrazone groups is 1. The predicted octanol–water partition coefficient (Wildman–Crippen LogP) is 3.99. The van der Waals surface area contributed by atoms with Crippen molar-refractivity contribution in [2.45, 2.75) is 13.3 Å². The molecule has 1 N–H and O–H groups in total. The van der Waals surface area contributed by atoms with Crippen LogP contribution < -0.4 is 10.2 Å². The standard InChI is InChI=1S/C18H19N3OS/c1-3-13-7-9-14(10-8-13)17-12-23-18(21-20-17)19-15-5-4-6-16(11-15)22-2/h4-11H,3,12H2,1-2H3,(H,19,21). The molecule has 0 spiro atoms. The Hall–Kier alpha value is -2.27. The molecule has 0 saturated heterocycles. The SMILES string of the molecule is CCc1ccc(C2=NNC(=Nc3cccc(OC)c3)SC2)cc1. The van der Waals surface area contributed by atoms with Crippen molar-refractivity contribution >= 4 is 28.3 Å². The Morgan fingerprint density at radius 1 is 1.22 bits per heavy atom. The lowest BCUT2D eigenvalue weighted by molar-refractivity contribution is 0.415. The van der Waals surface area contributed by atoms with Crippen LogP contribution >= 0.6 is 11.8 Å². The third kappa shape index (κ3) is 3.93. The quantitative estimate of drug-likeness (QED) is 0.924. The zero-order valence-corrected chi connectivity index (χ0v) is 14.1. The van der Waals surface area contributed by atoms with Gasteiger partial charge in [-0.1, -0.05) is 49.0 Å². The monoisotopic (exact) mass is 325 g/mol. The van der Waals surface area contributed by atoms with Crippen LogP contribution in [0.5, 0.6) is 5.75 Å². The first kappa shape index (κ1) is 15.6. The van der Waals surface area contributed by atoms with Gasteiger partial charge in [-0.3, -0.25) is 5.43 Å². The molecule has 0 bridgehead atoms. The van der Waals surface area contributed by atoms with E-state index in [9.17, 15) is 0 Å². The van der Waals surface area contributed by atoms with E-state index in [2.05, 4.69) is 46.7 Å². The van der Waals surface area contributed by atoms with E-state index < -0.39 is 0 Å². The van der Waals surface area contributed by atoms with Crippen LogP contribution in [0.25, 0.3) is 0 Å². The lowest BCUT2D eigenvalue weighted by Crippen LogP contribution is -2.25. The molecule has 1 aliphatic heterocycles. The normalized spacial score (nSPS) is 15.9. The minimum atomic E-state index is 0.798. The van der Waals surface area contributed by atoms with Crippen molar-refractivity contribution in [3.05, 3.63) is 59.7 Å². The third-order valence-corrected chi connectivity index (χ3v) is 4.49. The largest absolute Gasteiger partial charge is 0.497 e. The summed E-state index contributed by atoms with van der Waals surface area (Å²) < 4.78 is 5.21. The van der Waals surface area contributed by atoms with Crippen molar-refractivity contribution in [2.24, 2.45) is 10.1 Å². The molecule has 0 aliphatic carbocycles. The molecule has 5 heteroatoms. The minimum absolute atomic E-state index is 0.798. The Kier molecular flexibility index (Phi) is 4.98. The van der Waals surface area contributed by atoms with Crippen molar-refractivity contribution in [3.8, 4) is 5.75 Å². The topological polar surface area (TPSA) is 46.0 Å². The van der Waals surface area contributed by atoms with Crippen molar-refractivity contribution < 1.29 is 4.74 Å². The highest BCUT2D eigenvalue weighted by atomic mass is 32.2. The van der Waals surface area contributed by atoms with Crippen LogP contribution in [0.15, 0.2) is 58.6 Å². The average molecular weight is 325 g/mol. The molecule has 4 nitrogen and oxygen atoms in total. The van der Waals surface area contributed by atoms with E-state index in [0.29, 0.717) is 0 Å². The number of aliphatic imine (C=N–C) groups is 1. The molecule has 0 radical (unpaired) electrons. The third-order valence-electron chi connectivity index (χ3n) is 3.61. The van der Waals surface area contributed by atoms with Crippen LogP contribution in [0.4, 0.5) is 5.69 Å². The smallest absolute Gasteiger partial charge is 0.182 e. The number of benzene rings is 2. The Labute approximate surface area is 140 Å². The number of rotatable bonds is 4. The fourth-order valence-corrected chi connectivity index (χ4v) is 3.04. The van der Waals surface area contributed by atoms with Crippen molar-refractivity contribution in [3.63, 3.8) is 0 Å². The molecule has 23 heavy (non-hydrogen) atoms. The van der Waals surface area contributed by atoms with E-state index in [4.69, 9.17) is 4.74 Å². The van der Waals surface area contributed by atoms with Gasteiger partial charge < -0.3 is 4.74 Å². The van der Waals surface area contributed by atoms with Crippen LogP contribution in [0.2, 0.25) is 0 Å². The number of hydrogen-bond acceptors (Lipinski definition) is 4. The second-order valence-electron chi connectivity index (χ2n) is 5.13. The number of amidine groups is 1. The maximum atomic E-state index is 5.21. The molecular formula is C18H19N3OS. The highest BCUT2D eigenvalue weighted by Gasteiger charge is 2.13. The van der Waals surface area contributed by atoms with Crippen LogP contribution in [-0.4, -0.2) is 23.7 Å². The summed E-state index contributed by atoms with van der Waals surface area (Å²) in [7, 11) is 1.65. The first-order chi connectivity index (χ1) is 11.3. The lowest BCUT2D eigenvalue weighted by atomic mass is 10.1. The van der Waals surface area contributed by atoms with Crippen molar-refractivity contribution in [1.82, 2.24) is 5.43 Å². The summed E-state index contributed by atoms with van der Waals surface area (Å²) in [4.78, 5) is 4.56. The van der Waals surface area contributed by atoms with Gasteiger partial charge in [0.1, 0.15) is 5.75 Å². The molecule has 0 aromatic heterocycles. The van der Waals surface area contributed by atoms with Gasteiger partial charge in [-0.05, 0) is 29.7 Å². The number of nitrogens with zero attached hydrogens (tertiary/aromatic N) is 2. The molecule has 0 amide bonds. The van der Waals surface area contributed by atoms with E-state index in [1.165, 1.54) is 5.56 Å². The molecule has 0 fully saturated rings. The van der Waals surface area contributed by atoms with Crippen LogP contribution in [0, 0.1) is 0 Å². The van der Waals surface area contributed by atoms with Gasteiger partial charge in [0.15, 0.2) is 5.17 Å². The molecule has 1 aliphatic rings. The van der Waals surface area contributed by atoms with E-state index in [0.717, 1.165) is 40.1 Å². The van der Waals surface area contributed by atoms with E-state index >= 15 is 0 Å². The maximum absolute atomic E-state index is 5.21. The van der Waals surface area contributed by atoms with Gasteiger partial charge in [-0.25, -0.2) is 4.99 Å². The van der Waals surface area contributed by atoms with Gasteiger partial charge in [-0.2, -0.15) is 5.10 Å². The maximum Gasteiger partial charge on any atom is 0.182 e. The molecule has 3 rings (SSSR count). The molecule has 118 valence electrons. The highest BCUT2D eigenvalue weighted by Crippen LogP contribution is 2.22. The second kappa shape index (κ2) is 7.33. The van der Waals surface area contributed by atoms with Crippen LogP contribution in [-0.2, 0) is 6.42 Å².